The van der Waals surface area contributed by atoms with Gasteiger partial charge in [0.2, 0.25) is 5.91 Å². The predicted octanol–water partition coefficient (Wildman–Crippen LogP) is 7.80. The van der Waals surface area contributed by atoms with Crippen LogP contribution in [-0.4, -0.2) is 31.1 Å². The molecule has 0 bridgehead atoms. The molecule has 1 aliphatic carbocycles. The highest BCUT2D eigenvalue weighted by atomic mass is 19.1. The predicted molar refractivity (Wildman–Crippen MR) is 160 cm³/mol. The summed E-state index contributed by atoms with van der Waals surface area (Å²) < 4.78 is 14.0. The maximum atomic E-state index is 14.0. The average Bonchev–Trinajstić information content (AvgIpc) is 3.61. The van der Waals surface area contributed by atoms with Gasteiger partial charge in [-0.25, -0.2) is 4.39 Å². The molecule has 8 heteroatoms. The second-order valence-corrected chi connectivity index (χ2v) is 10.9. The standard InChI is InChI=1S/C33H29FN6O/c1-19-12-22(15-24(13-19)37-33(41)20-6-3-2-4-7-20)28-16-26-30(18-36-28)39-40-32(26)29-17-25-27(38-29)10-11-35-31(25)21-8-5-9-23(34)14-21/h5,8-18,20,38H,2-4,6-7H2,1H3,(H,37,41)(H,39,40). The molecule has 1 saturated carbocycles. The van der Waals surface area contributed by atoms with E-state index in [0.717, 1.165) is 81.4 Å². The monoisotopic (exact) mass is 544 g/mol. The fourth-order valence-electron chi connectivity index (χ4n) is 5.94. The molecular formula is C33H29FN6O. The van der Waals surface area contributed by atoms with Gasteiger partial charge in [-0.05, 0) is 73.9 Å². The van der Waals surface area contributed by atoms with Crippen molar-refractivity contribution in [2.24, 2.45) is 5.92 Å². The number of hydrogen-bond donors (Lipinski definition) is 3. The van der Waals surface area contributed by atoms with Crippen LogP contribution in [-0.2, 0) is 4.79 Å². The highest BCUT2D eigenvalue weighted by Gasteiger charge is 2.21. The van der Waals surface area contributed by atoms with Crippen molar-refractivity contribution in [1.29, 1.82) is 0 Å². The summed E-state index contributed by atoms with van der Waals surface area (Å²) in [7, 11) is 0. The van der Waals surface area contributed by atoms with Crippen LogP contribution >= 0.6 is 0 Å². The van der Waals surface area contributed by atoms with Crippen molar-refractivity contribution in [1.82, 2.24) is 25.1 Å². The summed E-state index contributed by atoms with van der Waals surface area (Å²) in [6.45, 7) is 2.02. The Bertz CT molecular complexity index is 1920. The fourth-order valence-corrected chi connectivity index (χ4v) is 5.94. The number of aromatic amines is 2. The molecule has 41 heavy (non-hydrogen) atoms. The highest BCUT2D eigenvalue weighted by Crippen LogP contribution is 2.35. The number of nitrogens with one attached hydrogen (secondary N) is 3. The molecule has 4 heterocycles. The number of H-pyrrole nitrogens is 2. The zero-order valence-corrected chi connectivity index (χ0v) is 22.7. The molecule has 1 fully saturated rings. The first-order valence-corrected chi connectivity index (χ1v) is 14.0. The summed E-state index contributed by atoms with van der Waals surface area (Å²) in [4.78, 5) is 25.6. The second-order valence-electron chi connectivity index (χ2n) is 10.9. The first-order chi connectivity index (χ1) is 20.0. The van der Waals surface area contributed by atoms with Crippen molar-refractivity contribution in [3.8, 4) is 33.9 Å². The van der Waals surface area contributed by atoms with Gasteiger partial charge in [0.15, 0.2) is 0 Å². The minimum atomic E-state index is -0.303. The molecule has 0 saturated heterocycles. The zero-order valence-electron chi connectivity index (χ0n) is 22.7. The first kappa shape index (κ1) is 25.1. The lowest BCUT2D eigenvalue weighted by atomic mass is 9.88. The number of fused-ring (bicyclic) bond motifs is 2. The minimum Gasteiger partial charge on any atom is -0.353 e. The van der Waals surface area contributed by atoms with Crippen molar-refractivity contribution in [3.05, 3.63) is 84.4 Å². The van der Waals surface area contributed by atoms with Crippen LogP contribution in [0.1, 0.15) is 37.7 Å². The lowest BCUT2D eigenvalue weighted by molar-refractivity contribution is -0.120. The van der Waals surface area contributed by atoms with Gasteiger partial charge in [0.05, 0.1) is 28.8 Å². The Kier molecular flexibility index (Phi) is 6.30. The van der Waals surface area contributed by atoms with Gasteiger partial charge in [-0.1, -0.05) is 31.4 Å². The summed E-state index contributed by atoms with van der Waals surface area (Å²) in [6, 6.07) is 18.4. The lowest BCUT2D eigenvalue weighted by Crippen LogP contribution is -2.24. The van der Waals surface area contributed by atoms with E-state index in [2.05, 4.69) is 31.5 Å². The van der Waals surface area contributed by atoms with Crippen LogP contribution in [0.25, 0.3) is 55.7 Å². The minimum absolute atomic E-state index is 0.0867. The second kappa shape index (κ2) is 10.3. The Morgan fingerprint density at radius 3 is 2.61 bits per heavy atom. The SMILES string of the molecule is Cc1cc(NC(=O)C2CCCCC2)cc(-c2cc3c(-c4cc5c(-c6cccc(F)c6)nccc5[nH]4)n[nH]c3cn2)c1. The third-order valence-electron chi connectivity index (χ3n) is 7.97. The quantitative estimate of drug-likeness (QED) is 0.206. The Hall–Kier alpha value is -4.85. The summed E-state index contributed by atoms with van der Waals surface area (Å²) >= 11 is 0. The Morgan fingerprint density at radius 1 is 0.902 bits per heavy atom. The molecule has 0 aliphatic heterocycles. The number of nitrogens with zero attached hydrogens (tertiary/aromatic N) is 3. The maximum Gasteiger partial charge on any atom is 0.227 e. The van der Waals surface area contributed by atoms with Gasteiger partial charge >= 0.3 is 0 Å². The van der Waals surface area contributed by atoms with E-state index in [1.165, 1.54) is 18.6 Å². The highest BCUT2D eigenvalue weighted by molar-refractivity contribution is 6.00. The van der Waals surface area contributed by atoms with Crippen molar-refractivity contribution >= 4 is 33.4 Å². The molecule has 0 unspecified atom stereocenters. The van der Waals surface area contributed by atoms with Crippen LogP contribution < -0.4 is 5.32 Å². The van der Waals surface area contributed by atoms with Crippen LogP contribution in [0.4, 0.5) is 10.1 Å². The normalized spacial score (nSPS) is 14.1. The lowest BCUT2D eigenvalue weighted by Gasteiger charge is -2.21. The van der Waals surface area contributed by atoms with E-state index in [9.17, 15) is 9.18 Å². The van der Waals surface area contributed by atoms with Crippen molar-refractivity contribution in [2.45, 2.75) is 39.0 Å². The molecule has 3 N–H and O–H groups in total. The van der Waals surface area contributed by atoms with Crippen molar-refractivity contribution in [3.63, 3.8) is 0 Å². The summed E-state index contributed by atoms with van der Waals surface area (Å²) in [6.07, 6.45) is 8.87. The van der Waals surface area contributed by atoms with E-state index in [1.807, 2.05) is 43.3 Å². The number of benzene rings is 2. The van der Waals surface area contributed by atoms with Gasteiger partial charge in [-0.3, -0.25) is 19.9 Å². The van der Waals surface area contributed by atoms with E-state index < -0.39 is 0 Å². The number of anilines is 1. The number of aryl methyl sites for hydroxylation is 1. The smallest absolute Gasteiger partial charge is 0.227 e. The van der Waals surface area contributed by atoms with Gasteiger partial charge in [-0.15, -0.1) is 0 Å². The van der Waals surface area contributed by atoms with E-state index in [0.29, 0.717) is 11.3 Å². The summed E-state index contributed by atoms with van der Waals surface area (Å²) in [5, 5.41) is 12.6. The Morgan fingerprint density at radius 2 is 1.76 bits per heavy atom. The molecular weight excluding hydrogens is 515 g/mol. The third-order valence-corrected chi connectivity index (χ3v) is 7.97. The molecule has 6 aromatic rings. The molecule has 7 rings (SSSR count). The van der Waals surface area contributed by atoms with Gasteiger partial charge in [0, 0.05) is 45.2 Å². The zero-order chi connectivity index (χ0) is 27.9. The van der Waals surface area contributed by atoms with Crippen molar-refractivity contribution < 1.29 is 9.18 Å². The molecule has 1 amide bonds. The van der Waals surface area contributed by atoms with E-state index in [4.69, 9.17) is 4.98 Å². The van der Waals surface area contributed by atoms with E-state index in [1.54, 1.807) is 18.5 Å². The van der Waals surface area contributed by atoms with Crippen LogP contribution in [0.2, 0.25) is 0 Å². The number of rotatable bonds is 5. The average molecular weight is 545 g/mol. The number of pyridine rings is 2. The number of hydrogen-bond acceptors (Lipinski definition) is 4. The fraction of sp³-hybridized carbons (Fsp3) is 0.212. The topological polar surface area (TPSA) is 99.4 Å². The number of aromatic nitrogens is 5. The molecule has 204 valence electrons. The molecule has 0 radical (unpaired) electrons. The molecule has 2 aromatic carbocycles. The third kappa shape index (κ3) is 4.86. The molecule has 0 atom stereocenters. The van der Waals surface area contributed by atoms with E-state index >= 15 is 0 Å². The van der Waals surface area contributed by atoms with Crippen molar-refractivity contribution in [2.75, 3.05) is 5.32 Å². The van der Waals surface area contributed by atoms with Crippen LogP contribution in [0.5, 0.6) is 0 Å². The van der Waals surface area contributed by atoms with Crippen LogP contribution in [0.3, 0.4) is 0 Å². The van der Waals surface area contributed by atoms with E-state index in [-0.39, 0.29) is 17.6 Å². The number of halogens is 1. The maximum absolute atomic E-state index is 14.0. The molecule has 4 aromatic heterocycles. The molecule has 1 aliphatic rings. The van der Waals surface area contributed by atoms with Crippen LogP contribution in [0.15, 0.2) is 73.1 Å². The molecule has 0 spiro atoms. The van der Waals surface area contributed by atoms with Gasteiger partial charge in [0.1, 0.15) is 11.5 Å². The van der Waals surface area contributed by atoms with Crippen LogP contribution in [0, 0.1) is 18.7 Å². The summed E-state index contributed by atoms with van der Waals surface area (Å²) in [5.74, 6) is -0.112. The number of carbonyl (C=O) groups is 1. The first-order valence-electron chi connectivity index (χ1n) is 14.0. The number of amides is 1. The summed E-state index contributed by atoms with van der Waals surface area (Å²) in [5.41, 5.74) is 8.23. The van der Waals surface area contributed by atoms with Gasteiger partial charge in [-0.2, -0.15) is 5.10 Å². The van der Waals surface area contributed by atoms with Gasteiger partial charge in [0.25, 0.3) is 0 Å². The van der Waals surface area contributed by atoms with Gasteiger partial charge < -0.3 is 10.3 Å². The number of carbonyl (C=O) groups excluding carboxylic acids is 1. The largest absolute Gasteiger partial charge is 0.353 e. The Balaban J connectivity index is 1.25. The molecule has 7 nitrogen and oxygen atoms in total. The Labute approximate surface area is 236 Å².